The van der Waals surface area contributed by atoms with Crippen LogP contribution in [0.1, 0.15) is 50.7 Å². The molecule has 2 N–H and O–H groups in total. The normalized spacial score (nSPS) is 14.7. The second-order valence-electron chi connectivity index (χ2n) is 8.33. The maximum Gasteiger partial charge on any atom is 0.353 e. The number of anilines is 2. The number of nitrogen functional groups attached to an aromatic ring is 1. The van der Waals surface area contributed by atoms with Crippen molar-refractivity contribution in [2.75, 3.05) is 30.3 Å². The van der Waals surface area contributed by atoms with E-state index < -0.39 is 16.7 Å². The van der Waals surface area contributed by atoms with Gasteiger partial charge in [0.1, 0.15) is 6.29 Å². The van der Waals surface area contributed by atoms with Gasteiger partial charge in [-0.25, -0.2) is 0 Å². The largest absolute Gasteiger partial charge is 0.463 e. The minimum absolute atomic E-state index is 0.0245. The molecule has 0 aliphatic carbocycles. The number of likely N-dealkylation sites (tertiary alicyclic amines) is 1. The van der Waals surface area contributed by atoms with Crippen LogP contribution in [0.4, 0.5) is 17.3 Å². The smallest absolute Gasteiger partial charge is 0.353 e. The van der Waals surface area contributed by atoms with E-state index in [1.807, 2.05) is 19.1 Å². The predicted octanol–water partition coefficient (Wildman–Crippen LogP) is 3.34. The molecular formula is C23H32N6O4. The van der Waals surface area contributed by atoms with E-state index in [1.54, 1.807) is 11.8 Å². The summed E-state index contributed by atoms with van der Waals surface area (Å²) in [5.74, 6) is -0.314. The standard InChI is InChI=1S/C23H32N6O4/c1-3-4-12-33-23-25-21(24)20(29(31)32)22(26-23)28(17(2)16-30)15-19-9-7-8-18(13-19)14-27-10-5-6-11-27/h7-9,13,16-17H,3-6,10-12,14-15H2,1-2H3,(H2,24,25,26). The van der Waals surface area contributed by atoms with Crippen LogP contribution in [-0.2, 0) is 17.9 Å². The van der Waals surface area contributed by atoms with Crippen molar-refractivity contribution in [3.8, 4) is 6.01 Å². The van der Waals surface area contributed by atoms with E-state index in [9.17, 15) is 14.9 Å². The third-order valence-corrected chi connectivity index (χ3v) is 5.69. The summed E-state index contributed by atoms with van der Waals surface area (Å²) in [6.45, 7) is 7.34. The first-order valence-electron chi connectivity index (χ1n) is 11.4. The first-order valence-corrected chi connectivity index (χ1v) is 11.4. The number of benzene rings is 1. The van der Waals surface area contributed by atoms with Gasteiger partial charge in [0, 0.05) is 13.1 Å². The molecule has 1 saturated heterocycles. The van der Waals surface area contributed by atoms with E-state index >= 15 is 0 Å². The van der Waals surface area contributed by atoms with Crippen LogP contribution in [0.25, 0.3) is 0 Å². The molecule has 1 aliphatic heterocycles. The Hall–Kier alpha value is -3.27. The maximum atomic E-state index is 11.8. The summed E-state index contributed by atoms with van der Waals surface area (Å²) >= 11 is 0. The van der Waals surface area contributed by atoms with Gasteiger partial charge in [-0.05, 0) is 50.4 Å². The molecule has 10 heteroatoms. The van der Waals surface area contributed by atoms with Crippen LogP contribution in [0.5, 0.6) is 6.01 Å². The molecule has 2 aromatic rings. The number of aromatic nitrogens is 2. The second kappa shape index (κ2) is 11.6. The molecule has 1 unspecified atom stereocenters. The van der Waals surface area contributed by atoms with E-state index in [-0.39, 0.29) is 24.2 Å². The SMILES string of the molecule is CCCCOc1nc(N)c([N+](=O)[O-])c(N(Cc2cccc(CN3CCCC3)c2)C(C)C=O)n1. The fourth-order valence-electron chi connectivity index (χ4n) is 3.89. The van der Waals surface area contributed by atoms with Gasteiger partial charge in [0.25, 0.3) is 0 Å². The molecular weight excluding hydrogens is 424 g/mol. The lowest BCUT2D eigenvalue weighted by molar-refractivity contribution is -0.383. The number of carbonyl (C=O) groups is 1. The highest BCUT2D eigenvalue weighted by Gasteiger charge is 2.30. The van der Waals surface area contributed by atoms with Crippen molar-refractivity contribution in [2.24, 2.45) is 0 Å². The summed E-state index contributed by atoms with van der Waals surface area (Å²) in [5, 5.41) is 11.8. The number of rotatable bonds is 12. The van der Waals surface area contributed by atoms with Gasteiger partial charge in [0.15, 0.2) is 0 Å². The molecule has 1 aliphatic rings. The average molecular weight is 457 g/mol. The number of aldehydes is 1. The zero-order valence-electron chi connectivity index (χ0n) is 19.3. The fraction of sp³-hybridized carbons (Fsp3) is 0.522. The molecule has 178 valence electrons. The van der Waals surface area contributed by atoms with Crippen molar-refractivity contribution in [1.29, 1.82) is 0 Å². The van der Waals surface area contributed by atoms with Crippen LogP contribution in [0.2, 0.25) is 0 Å². The lowest BCUT2D eigenvalue weighted by Gasteiger charge is -2.27. The Morgan fingerprint density at radius 1 is 1.30 bits per heavy atom. The Bertz CT molecular complexity index is 964. The molecule has 2 heterocycles. The van der Waals surface area contributed by atoms with Crippen molar-refractivity contribution in [3.05, 3.63) is 45.5 Å². The summed E-state index contributed by atoms with van der Waals surface area (Å²) in [6, 6.07) is 7.33. The Labute approximate surface area is 193 Å². The molecule has 0 amide bonds. The number of carbonyl (C=O) groups excluding carboxylic acids is 1. The monoisotopic (exact) mass is 456 g/mol. The minimum atomic E-state index is -0.677. The number of nitrogens with zero attached hydrogens (tertiary/aromatic N) is 5. The zero-order valence-corrected chi connectivity index (χ0v) is 19.3. The van der Waals surface area contributed by atoms with Gasteiger partial charge in [0.05, 0.1) is 17.6 Å². The van der Waals surface area contributed by atoms with E-state index in [1.165, 1.54) is 12.8 Å². The number of hydrogen-bond donors (Lipinski definition) is 1. The fourth-order valence-corrected chi connectivity index (χ4v) is 3.89. The molecule has 3 rings (SSSR count). The highest BCUT2D eigenvalue weighted by Crippen LogP contribution is 2.34. The van der Waals surface area contributed by atoms with Gasteiger partial charge in [-0.15, -0.1) is 0 Å². The predicted molar refractivity (Wildman–Crippen MR) is 126 cm³/mol. The maximum absolute atomic E-state index is 11.8. The quantitative estimate of drug-likeness (QED) is 0.221. The molecule has 1 aromatic carbocycles. The van der Waals surface area contributed by atoms with Gasteiger partial charge < -0.3 is 20.2 Å². The highest BCUT2D eigenvalue weighted by atomic mass is 16.6. The van der Waals surface area contributed by atoms with Crippen LogP contribution < -0.4 is 15.4 Å². The van der Waals surface area contributed by atoms with Crippen molar-refractivity contribution in [1.82, 2.24) is 14.9 Å². The van der Waals surface area contributed by atoms with Gasteiger partial charge in [-0.2, -0.15) is 9.97 Å². The van der Waals surface area contributed by atoms with Crippen LogP contribution in [0, 0.1) is 10.1 Å². The number of unbranched alkanes of at least 4 members (excludes halogenated alkanes) is 1. The van der Waals surface area contributed by atoms with Crippen LogP contribution in [0.15, 0.2) is 24.3 Å². The Balaban J connectivity index is 1.93. The molecule has 1 aromatic heterocycles. The molecule has 0 bridgehead atoms. The molecule has 0 spiro atoms. The summed E-state index contributed by atoms with van der Waals surface area (Å²) < 4.78 is 5.56. The summed E-state index contributed by atoms with van der Waals surface area (Å²) in [7, 11) is 0. The topological polar surface area (TPSA) is 128 Å². The number of nitro groups is 1. The molecule has 33 heavy (non-hydrogen) atoms. The number of ether oxygens (including phenoxy) is 1. The zero-order chi connectivity index (χ0) is 23.8. The third kappa shape index (κ3) is 6.38. The lowest BCUT2D eigenvalue weighted by Crippen LogP contribution is -2.35. The van der Waals surface area contributed by atoms with Crippen molar-refractivity contribution in [2.45, 2.75) is 58.7 Å². The van der Waals surface area contributed by atoms with Crippen LogP contribution in [-0.4, -0.2) is 51.8 Å². The summed E-state index contributed by atoms with van der Waals surface area (Å²) in [6.07, 6.45) is 4.86. The van der Waals surface area contributed by atoms with E-state index in [0.29, 0.717) is 6.61 Å². The molecule has 1 fully saturated rings. The van der Waals surface area contributed by atoms with Gasteiger partial charge >= 0.3 is 11.7 Å². The number of hydrogen-bond acceptors (Lipinski definition) is 9. The van der Waals surface area contributed by atoms with Crippen molar-refractivity contribution < 1.29 is 14.5 Å². The first-order chi connectivity index (χ1) is 15.9. The summed E-state index contributed by atoms with van der Waals surface area (Å²) in [4.78, 5) is 35.2. The van der Waals surface area contributed by atoms with E-state index in [0.717, 1.165) is 49.9 Å². The Morgan fingerprint density at radius 3 is 2.70 bits per heavy atom. The Kier molecular flexibility index (Phi) is 8.53. The second-order valence-corrected chi connectivity index (χ2v) is 8.33. The number of nitrogens with two attached hydrogens (primary N) is 1. The van der Waals surface area contributed by atoms with Crippen LogP contribution >= 0.6 is 0 Å². The average Bonchev–Trinajstić information content (AvgIpc) is 3.29. The van der Waals surface area contributed by atoms with E-state index in [2.05, 4.69) is 27.0 Å². The van der Waals surface area contributed by atoms with Crippen molar-refractivity contribution in [3.63, 3.8) is 0 Å². The minimum Gasteiger partial charge on any atom is -0.463 e. The molecule has 10 nitrogen and oxygen atoms in total. The Morgan fingerprint density at radius 2 is 2.03 bits per heavy atom. The third-order valence-electron chi connectivity index (χ3n) is 5.69. The van der Waals surface area contributed by atoms with Gasteiger partial charge in [0.2, 0.25) is 11.6 Å². The first kappa shape index (κ1) is 24.4. The molecule has 1 atom stereocenters. The molecule has 0 saturated carbocycles. The van der Waals surface area contributed by atoms with E-state index in [4.69, 9.17) is 10.5 Å². The summed E-state index contributed by atoms with van der Waals surface area (Å²) in [5.41, 5.74) is 7.57. The highest BCUT2D eigenvalue weighted by molar-refractivity contribution is 5.74. The van der Waals surface area contributed by atoms with Gasteiger partial charge in [-0.3, -0.25) is 15.0 Å². The van der Waals surface area contributed by atoms with Crippen molar-refractivity contribution >= 4 is 23.6 Å². The molecule has 0 radical (unpaired) electrons. The van der Waals surface area contributed by atoms with Gasteiger partial charge in [-0.1, -0.05) is 37.6 Å². The van der Waals surface area contributed by atoms with Crippen LogP contribution in [0.3, 0.4) is 0 Å². The lowest BCUT2D eigenvalue weighted by atomic mass is 10.1.